The van der Waals surface area contributed by atoms with Gasteiger partial charge in [0.2, 0.25) is 0 Å². The van der Waals surface area contributed by atoms with Crippen LogP contribution in [-0.4, -0.2) is 54.9 Å². The first-order chi connectivity index (χ1) is 7.15. The quantitative estimate of drug-likeness (QED) is 0.726. The minimum atomic E-state index is 0.637. The van der Waals surface area contributed by atoms with Crippen LogP contribution in [0.2, 0.25) is 0 Å². The molecule has 2 fully saturated rings. The predicted octanol–water partition coefficient (Wildman–Crippen LogP) is 2.19. The van der Waals surface area contributed by atoms with E-state index in [2.05, 4.69) is 39.8 Å². The van der Waals surface area contributed by atoms with Crippen molar-refractivity contribution in [1.29, 1.82) is 0 Å². The summed E-state index contributed by atoms with van der Waals surface area (Å²) in [6.07, 6.45) is 5.56. The zero-order chi connectivity index (χ0) is 10.9. The predicted molar refractivity (Wildman–Crippen MR) is 68.6 cm³/mol. The number of alkyl halides is 1. The molecule has 88 valence electrons. The zero-order valence-corrected chi connectivity index (χ0v) is 11.6. The Morgan fingerprint density at radius 1 is 1.33 bits per heavy atom. The number of nitrogens with zero attached hydrogens (tertiary/aromatic N) is 2. The maximum atomic E-state index is 3.66. The Labute approximate surface area is 102 Å². The lowest BCUT2D eigenvalue weighted by molar-refractivity contribution is 0.128. The van der Waals surface area contributed by atoms with E-state index >= 15 is 0 Å². The number of piperidine rings is 1. The lowest BCUT2D eigenvalue weighted by Crippen LogP contribution is -2.44. The lowest BCUT2D eigenvalue weighted by Gasteiger charge is -2.36. The fraction of sp³-hybridized carbons (Fsp3) is 1.00. The Morgan fingerprint density at radius 3 is 2.40 bits per heavy atom. The Morgan fingerprint density at radius 2 is 1.93 bits per heavy atom. The lowest BCUT2D eigenvalue weighted by atomic mass is 10.0. The van der Waals surface area contributed by atoms with Crippen LogP contribution in [0.3, 0.4) is 0 Å². The highest BCUT2D eigenvalue weighted by Crippen LogP contribution is 2.47. The largest absolute Gasteiger partial charge is 0.306 e. The van der Waals surface area contributed by atoms with Crippen molar-refractivity contribution in [3.63, 3.8) is 0 Å². The van der Waals surface area contributed by atoms with Crippen LogP contribution in [0, 0.1) is 5.41 Å². The second-order valence-electron chi connectivity index (χ2n) is 5.58. The van der Waals surface area contributed by atoms with Gasteiger partial charge < -0.3 is 9.80 Å². The summed E-state index contributed by atoms with van der Waals surface area (Å²) in [5, 5.41) is 1.19. The highest BCUT2D eigenvalue weighted by Gasteiger charge is 2.43. The molecule has 2 nitrogen and oxygen atoms in total. The van der Waals surface area contributed by atoms with Crippen LogP contribution in [0.4, 0.5) is 0 Å². The van der Waals surface area contributed by atoms with Gasteiger partial charge in [0.15, 0.2) is 0 Å². The van der Waals surface area contributed by atoms with Gasteiger partial charge in [-0.15, -0.1) is 0 Å². The Hall–Kier alpha value is 0.400. The second kappa shape index (κ2) is 4.72. The smallest absolute Gasteiger partial charge is 0.0117 e. The van der Waals surface area contributed by atoms with Gasteiger partial charge in [-0.2, -0.15) is 0 Å². The van der Waals surface area contributed by atoms with Gasteiger partial charge in [0, 0.05) is 17.9 Å². The second-order valence-corrected chi connectivity index (χ2v) is 6.14. The first-order valence-electron chi connectivity index (χ1n) is 6.10. The molecule has 0 radical (unpaired) electrons. The first kappa shape index (κ1) is 11.9. The topological polar surface area (TPSA) is 6.48 Å². The SMILES string of the molecule is CN1CCC(N(C)CC2(CBr)CC2)CC1. The Bertz CT molecular complexity index is 208. The number of hydrogen-bond donors (Lipinski definition) is 0. The van der Waals surface area contributed by atoms with Gasteiger partial charge in [0.1, 0.15) is 0 Å². The molecule has 0 atom stereocenters. The Kier molecular flexibility index (Phi) is 3.74. The van der Waals surface area contributed by atoms with Crippen molar-refractivity contribution >= 4 is 15.9 Å². The normalized spacial score (nSPS) is 27.2. The van der Waals surface area contributed by atoms with Gasteiger partial charge in [0.05, 0.1) is 0 Å². The summed E-state index contributed by atoms with van der Waals surface area (Å²) >= 11 is 3.66. The molecule has 0 N–H and O–H groups in total. The van der Waals surface area contributed by atoms with E-state index in [0.717, 1.165) is 6.04 Å². The first-order valence-corrected chi connectivity index (χ1v) is 7.22. The third-order valence-electron chi connectivity index (χ3n) is 4.14. The maximum absolute atomic E-state index is 3.66. The van der Waals surface area contributed by atoms with E-state index in [1.165, 1.54) is 50.6 Å². The van der Waals surface area contributed by atoms with E-state index in [1.54, 1.807) is 0 Å². The summed E-state index contributed by atoms with van der Waals surface area (Å²) in [4.78, 5) is 5.06. The molecule has 1 aliphatic heterocycles. The van der Waals surface area contributed by atoms with E-state index in [0.29, 0.717) is 5.41 Å². The van der Waals surface area contributed by atoms with Crippen LogP contribution in [-0.2, 0) is 0 Å². The highest BCUT2D eigenvalue weighted by molar-refractivity contribution is 9.09. The molecular weight excluding hydrogens is 252 g/mol. The van der Waals surface area contributed by atoms with E-state index in [1.807, 2.05) is 0 Å². The maximum Gasteiger partial charge on any atom is 0.0117 e. The summed E-state index contributed by atoms with van der Waals surface area (Å²) in [6, 6.07) is 0.831. The molecule has 15 heavy (non-hydrogen) atoms. The van der Waals surface area contributed by atoms with Gasteiger partial charge in [-0.05, 0) is 58.3 Å². The van der Waals surface area contributed by atoms with E-state index in [9.17, 15) is 0 Å². The fourth-order valence-electron chi connectivity index (χ4n) is 2.60. The molecule has 1 aliphatic carbocycles. The molecule has 0 spiro atoms. The van der Waals surface area contributed by atoms with Crippen molar-refractivity contribution in [3.05, 3.63) is 0 Å². The summed E-state index contributed by atoms with van der Waals surface area (Å²) in [5.74, 6) is 0. The van der Waals surface area contributed by atoms with Crippen molar-refractivity contribution < 1.29 is 0 Å². The Balaban J connectivity index is 1.78. The molecular formula is C12H23BrN2. The number of hydrogen-bond acceptors (Lipinski definition) is 2. The van der Waals surface area contributed by atoms with Crippen LogP contribution in [0.15, 0.2) is 0 Å². The van der Waals surface area contributed by atoms with E-state index < -0.39 is 0 Å². The van der Waals surface area contributed by atoms with Crippen LogP contribution in [0.25, 0.3) is 0 Å². The van der Waals surface area contributed by atoms with Crippen molar-refractivity contribution in [3.8, 4) is 0 Å². The van der Waals surface area contributed by atoms with Crippen LogP contribution in [0.5, 0.6) is 0 Å². The average molecular weight is 275 g/mol. The van der Waals surface area contributed by atoms with Gasteiger partial charge >= 0.3 is 0 Å². The summed E-state index contributed by atoms with van der Waals surface area (Å²) in [5.41, 5.74) is 0.637. The van der Waals surface area contributed by atoms with Gasteiger partial charge in [-0.3, -0.25) is 0 Å². The molecule has 0 amide bonds. The highest BCUT2D eigenvalue weighted by atomic mass is 79.9. The summed E-state index contributed by atoms with van der Waals surface area (Å²) in [6.45, 7) is 3.85. The zero-order valence-electron chi connectivity index (χ0n) is 10.0. The van der Waals surface area contributed by atoms with Gasteiger partial charge in [-0.1, -0.05) is 15.9 Å². The third-order valence-corrected chi connectivity index (χ3v) is 5.33. The van der Waals surface area contributed by atoms with Crippen molar-refractivity contribution in [1.82, 2.24) is 9.80 Å². The van der Waals surface area contributed by atoms with Gasteiger partial charge in [0.25, 0.3) is 0 Å². The van der Waals surface area contributed by atoms with Crippen LogP contribution < -0.4 is 0 Å². The number of rotatable bonds is 4. The minimum absolute atomic E-state index is 0.637. The third kappa shape index (κ3) is 2.95. The molecule has 0 aromatic rings. The molecule has 1 saturated carbocycles. The average Bonchev–Trinajstić information content (AvgIpc) is 2.99. The standard InChI is InChI=1S/C12H23BrN2/c1-14-7-3-11(4-8-14)15(2)10-12(9-13)5-6-12/h11H,3-10H2,1-2H3. The monoisotopic (exact) mass is 274 g/mol. The molecule has 0 unspecified atom stereocenters. The van der Waals surface area contributed by atoms with Gasteiger partial charge in [-0.25, -0.2) is 0 Å². The van der Waals surface area contributed by atoms with Crippen molar-refractivity contribution in [2.75, 3.05) is 39.1 Å². The van der Waals surface area contributed by atoms with Crippen molar-refractivity contribution in [2.45, 2.75) is 31.7 Å². The molecule has 2 aliphatic rings. The number of likely N-dealkylation sites (tertiary alicyclic amines) is 1. The minimum Gasteiger partial charge on any atom is -0.306 e. The molecule has 0 aromatic carbocycles. The van der Waals surface area contributed by atoms with Crippen molar-refractivity contribution in [2.24, 2.45) is 5.41 Å². The number of halogens is 1. The molecule has 0 aromatic heterocycles. The van der Waals surface area contributed by atoms with Crippen LogP contribution in [0.1, 0.15) is 25.7 Å². The fourth-order valence-corrected chi connectivity index (χ4v) is 3.34. The molecule has 1 heterocycles. The summed E-state index contributed by atoms with van der Waals surface area (Å²) < 4.78 is 0. The van der Waals surface area contributed by atoms with E-state index in [4.69, 9.17) is 0 Å². The molecule has 0 bridgehead atoms. The van der Waals surface area contributed by atoms with Crippen LogP contribution >= 0.6 is 15.9 Å². The molecule has 1 saturated heterocycles. The molecule has 2 rings (SSSR count). The molecule has 3 heteroatoms. The summed E-state index contributed by atoms with van der Waals surface area (Å²) in [7, 11) is 4.55. The van der Waals surface area contributed by atoms with E-state index in [-0.39, 0.29) is 0 Å².